The highest BCUT2D eigenvalue weighted by molar-refractivity contribution is 5.73. The van der Waals surface area contributed by atoms with Crippen LogP contribution in [0.2, 0.25) is 0 Å². The topological polar surface area (TPSA) is 60.8 Å². The molecule has 0 radical (unpaired) electrons. The molecule has 0 aromatic carbocycles. The zero-order valence-corrected chi connectivity index (χ0v) is 10.3. The summed E-state index contributed by atoms with van der Waals surface area (Å²) in [4.78, 5) is 11.1. The van der Waals surface area contributed by atoms with Crippen molar-refractivity contribution in [3.63, 3.8) is 0 Å². The molecule has 0 amide bonds. The average molecular weight is 287 g/mol. The summed E-state index contributed by atoms with van der Waals surface area (Å²) in [5.74, 6) is -2.76. The highest BCUT2D eigenvalue weighted by Crippen LogP contribution is 2.41. The number of aliphatic carboxylic acids is 1. The lowest BCUT2D eigenvalue weighted by Gasteiger charge is -2.32. The molecule has 0 saturated carbocycles. The van der Waals surface area contributed by atoms with Crippen molar-refractivity contribution in [2.75, 3.05) is 19.8 Å². The second-order valence-corrected chi connectivity index (χ2v) is 4.83. The molecular formula is C11H17F4NO3. The number of fused-ring (bicyclic) bond motifs is 1. The molecule has 2 fully saturated rings. The Balaban J connectivity index is 0.000000224. The summed E-state index contributed by atoms with van der Waals surface area (Å²) in [5.41, 5.74) is -0.0310. The van der Waals surface area contributed by atoms with Crippen molar-refractivity contribution in [2.45, 2.75) is 43.4 Å². The van der Waals surface area contributed by atoms with Crippen LogP contribution in [0, 0.1) is 0 Å². The van der Waals surface area contributed by atoms with E-state index in [9.17, 15) is 22.7 Å². The standard InChI is InChI=1S/C9H16FNO.C2HF3O2/c10-6-8-2-4-9(7-12)3-1-5-11(8)9;3-2(4,5)1(6)7/h8,12H,1-7H2;(H,6,7)/t8-,9-;/m0./s1. The van der Waals surface area contributed by atoms with Crippen molar-refractivity contribution < 1.29 is 32.6 Å². The van der Waals surface area contributed by atoms with E-state index in [1.807, 2.05) is 0 Å². The van der Waals surface area contributed by atoms with Gasteiger partial charge in [0.2, 0.25) is 0 Å². The van der Waals surface area contributed by atoms with Gasteiger partial charge in [-0.05, 0) is 32.2 Å². The Morgan fingerprint density at radius 2 is 1.95 bits per heavy atom. The second-order valence-electron chi connectivity index (χ2n) is 4.83. The normalized spacial score (nSPS) is 30.7. The molecule has 0 aromatic heterocycles. The van der Waals surface area contributed by atoms with E-state index in [1.54, 1.807) is 0 Å². The zero-order chi connectivity index (χ0) is 14.7. The number of rotatable bonds is 2. The molecule has 2 aliphatic rings. The summed E-state index contributed by atoms with van der Waals surface area (Å²) in [6, 6.07) is 0.0969. The molecule has 0 aromatic rings. The fraction of sp³-hybridized carbons (Fsp3) is 0.909. The maximum absolute atomic E-state index is 12.5. The van der Waals surface area contributed by atoms with E-state index in [-0.39, 0.29) is 24.9 Å². The van der Waals surface area contributed by atoms with Crippen LogP contribution in [0.3, 0.4) is 0 Å². The van der Waals surface area contributed by atoms with Crippen LogP contribution in [0.1, 0.15) is 25.7 Å². The van der Waals surface area contributed by atoms with E-state index in [1.165, 1.54) is 0 Å². The number of hydrogen-bond donors (Lipinski definition) is 2. The first-order chi connectivity index (χ1) is 8.77. The molecule has 2 rings (SSSR count). The number of nitrogens with zero attached hydrogens (tertiary/aromatic N) is 1. The van der Waals surface area contributed by atoms with Crippen molar-refractivity contribution in [3.8, 4) is 0 Å². The van der Waals surface area contributed by atoms with Crippen molar-refractivity contribution in [1.29, 1.82) is 0 Å². The van der Waals surface area contributed by atoms with Crippen LogP contribution in [-0.4, -0.2) is 58.7 Å². The molecule has 0 spiro atoms. The maximum atomic E-state index is 12.5. The average Bonchev–Trinajstić information content (AvgIpc) is 2.86. The summed E-state index contributed by atoms with van der Waals surface area (Å²) in [6.07, 6.45) is -0.994. The predicted molar refractivity (Wildman–Crippen MR) is 58.4 cm³/mol. The van der Waals surface area contributed by atoms with Crippen molar-refractivity contribution in [2.24, 2.45) is 0 Å². The molecule has 4 nitrogen and oxygen atoms in total. The molecule has 2 aliphatic heterocycles. The van der Waals surface area contributed by atoms with E-state index >= 15 is 0 Å². The van der Waals surface area contributed by atoms with Gasteiger partial charge in [-0.25, -0.2) is 9.18 Å². The number of carboxylic acids is 1. The van der Waals surface area contributed by atoms with Gasteiger partial charge in [-0.3, -0.25) is 4.90 Å². The minimum absolute atomic E-state index is 0.0310. The van der Waals surface area contributed by atoms with E-state index in [4.69, 9.17) is 9.90 Å². The zero-order valence-electron chi connectivity index (χ0n) is 10.3. The Hall–Kier alpha value is -0.890. The van der Waals surface area contributed by atoms with Gasteiger partial charge in [-0.1, -0.05) is 0 Å². The Bertz CT molecular complexity index is 324. The summed E-state index contributed by atoms with van der Waals surface area (Å²) >= 11 is 0. The second kappa shape index (κ2) is 6.04. The van der Waals surface area contributed by atoms with Crippen LogP contribution in [0.15, 0.2) is 0 Å². The van der Waals surface area contributed by atoms with Crippen LogP contribution in [0.4, 0.5) is 17.6 Å². The van der Waals surface area contributed by atoms with Crippen LogP contribution < -0.4 is 0 Å². The smallest absolute Gasteiger partial charge is 0.475 e. The number of carboxylic acid groups (broad SMARTS) is 1. The van der Waals surface area contributed by atoms with Gasteiger partial charge >= 0.3 is 12.1 Å². The Labute approximate surface area is 108 Å². The minimum Gasteiger partial charge on any atom is -0.475 e. The Morgan fingerprint density at radius 1 is 1.37 bits per heavy atom. The molecule has 8 heteroatoms. The quantitative estimate of drug-likeness (QED) is 0.757. The van der Waals surface area contributed by atoms with Gasteiger partial charge in [-0.15, -0.1) is 0 Å². The molecule has 0 unspecified atom stereocenters. The van der Waals surface area contributed by atoms with Crippen LogP contribution in [0.5, 0.6) is 0 Å². The van der Waals surface area contributed by atoms with Crippen LogP contribution >= 0.6 is 0 Å². The first-order valence-corrected chi connectivity index (χ1v) is 6.00. The third-order valence-corrected chi connectivity index (χ3v) is 3.75. The largest absolute Gasteiger partial charge is 0.490 e. The first-order valence-electron chi connectivity index (χ1n) is 6.00. The van der Waals surface area contributed by atoms with Crippen molar-refractivity contribution >= 4 is 5.97 Å². The highest BCUT2D eigenvalue weighted by atomic mass is 19.4. The molecule has 2 atom stereocenters. The monoisotopic (exact) mass is 287 g/mol. The third-order valence-electron chi connectivity index (χ3n) is 3.75. The third kappa shape index (κ3) is 3.56. The van der Waals surface area contributed by atoms with Gasteiger partial charge in [0.05, 0.1) is 6.61 Å². The lowest BCUT2D eigenvalue weighted by Crippen LogP contribution is -2.45. The highest BCUT2D eigenvalue weighted by Gasteiger charge is 2.48. The van der Waals surface area contributed by atoms with E-state index in [0.717, 1.165) is 32.2 Å². The van der Waals surface area contributed by atoms with Crippen LogP contribution in [-0.2, 0) is 4.79 Å². The SMILES string of the molecule is O=C(O)C(F)(F)F.OC[C@@]12CCCN1[C@H](CF)CC2. The Kier molecular flexibility index (Phi) is 5.14. The minimum atomic E-state index is -5.08. The number of carbonyl (C=O) groups is 1. The van der Waals surface area contributed by atoms with E-state index in [0.29, 0.717) is 0 Å². The predicted octanol–water partition coefficient (Wildman–Crippen LogP) is 1.58. The summed E-state index contributed by atoms with van der Waals surface area (Å²) in [6.45, 7) is 0.945. The molecular weight excluding hydrogens is 270 g/mol. The van der Waals surface area contributed by atoms with E-state index < -0.39 is 12.1 Å². The molecule has 112 valence electrons. The number of halogens is 4. The molecule has 2 N–H and O–H groups in total. The van der Waals surface area contributed by atoms with Crippen molar-refractivity contribution in [3.05, 3.63) is 0 Å². The molecule has 0 aliphatic carbocycles. The van der Waals surface area contributed by atoms with Gasteiger partial charge < -0.3 is 10.2 Å². The lowest BCUT2D eigenvalue weighted by atomic mass is 9.95. The first kappa shape index (κ1) is 16.2. The number of aliphatic hydroxyl groups is 1. The summed E-state index contributed by atoms with van der Waals surface area (Å²) < 4.78 is 44.3. The summed E-state index contributed by atoms with van der Waals surface area (Å²) in [5, 5.41) is 16.4. The molecule has 19 heavy (non-hydrogen) atoms. The van der Waals surface area contributed by atoms with Gasteiger partial charge in [0.15, 0.2) is 0 Å². The number of aliphatic hydroxyl groups excluding tert-OH is 1. The van der Waals surface area contributed by atoms with Gasteiger partial charge in [-0.2, -0.15) is 13.2 Å². The molecule has 2 heterocycles. The van der Waals surface area contributed by atoms with Gasteiger partial charge in [0.25, 0.3) is 0 Å². The van der Waals surface area contributed by atoms with Gasteiger partial charge in [0.1, 0.15) is 6.67 Å². The van der Waals surface area contributed by atoms with Gasteiger partial charge in [0, 0.05) is 11.6 Å². The lowest BCUT2D eigenvalue weighted by molar-refractivity contribution is -0.192. The maximum Gasteiger partial charge on any atom is 0.490 e. The summed E-state index contributed by atoms with van der Waals surface area (Å²) in [7, 11) is 0. The fourth-order valence-corrected chi connectivity index (χ4v) is 2.80. The van der Waals surface area contributed by atoms with Crippen LogP contribution in [0.25, 0.3) is 0 Å². The molecule has 0 bridgehead atoms. The number of hydrogen-bond acceptors (Lipinski definition) is 3. The number of alkyl halides is 4. The molecule has 2 saturated heterocycles. The Morgan fingerprint density at radius 3 is 2.37 bits per heavy atom. The van der Waals surface area contributed by atoms with E-state index in [2.05, 4.69) is 4.90 Å². The fourth-order valence-electron chi connectivity index (χ4n) is 2.80. The van der Waals surface area contributed by atoms with Crippen molar-refractivity contribution in [1.82, 2.24) is 4.90 Å².